The third kappa shape index (κ3) is 3.09. The van der Waals surface area contributed by atoms with Crippen LogP contribution in [0, 0.1) is 0 Å². The fourth-order valence-electron chi connectivity index (χ4n) is 2.75. The van der Waals surface area contributed by atoms with E-state index >= 15 is 0 Å². The Balaban J connectivity index is 1.96. The van der Waals surface area contributed by atoms with Gasteiger partial charge in [0.15, 0.2) is 0 Å². The zero-order valence-electron chi connectivity index (χ0n) is 13.4. The second-order valence-corrected chi connectivity index (χ2v) is 5.73. The molecule has 3 nitrogen and oxygen atoms in total. The molecule has 1 unspecified atom stereocenters. The summed E-state index contributed by atoms with van der Waals surface area (Å²) >= 11 is 0. The molecule has 116 valence electrons. The second kappa shape index (κ2) is 6.61. The number of amides is 1. The summed E-state index contributed by atoms with van der Waals surface area (Å²) in [6, 6.07) is 17.5. The molecule has 0 aliphatic carbocycles. The highest BCUT2D eigenvalue weighted by Crippen LogP contribution is 2.25. The van der Waals surface area contributed by atoms with Crippen LogP contribution in [-0.2, 0) is 0 Å². The molecule has 1 heterocycles. The number of hydrogen-bond acceptors (Lipinski definition) is 2. The van der Waals surface area contributed by atoms with Crippen LogP contribution in [0.15, 0.2) is 60.8 Å². The number of nitrogens with one attached hydrogen (secondary N) is 1. The van der Waals surface area contributed by atoms with E-state index in [1.54, 1.807) is 6.20 Å². The van der Waals surface area contributed by atoms with E-state index < -0.39 is 0 Å². The van der Waals surface area contributed by atoms with E-state index in [0.717, 1.165) is 34.1 Å². The van der Waals surface area contributed by atoms with Gasteiger partial charge in [-0.25, -0.2) is 0 Å². The number of aromatic nitrogens is 1. The highest BCUT2D eigenvalue weighted by molar-refractivity contribution is 6.09. The van der Waals surface area contributed by atoms with Gasteiger partial charge in [-0.05, 0) is 36.1 Å². The van der Waals surface area contributed by atoms with Crippen LogP contribution >= 0.6 is 0 Å². The quantitative estimate of drug-likeness (QED) is 0.737. The van der Waals surface area contributed by atoms with Gasteiger partial charge in [0.25, 0.3) is 5.91 Å². The fourth-order valence-corrected chi connectivity index (χ4v) is 2.75. The molecular weight excluding hydrogens is 284 g/mol. The van der Waals surface area contributed by atoms with Gasteiger partial charge in [-0.15, -0.1) is 0 Å². The first-order valence-corrected chi connectivity index (χ1v) is 7.94. The summed E-state index contributed by atoms with van der Waals surface area (Å²) in [5.41, 5.74) is 3.37. The molecule has 3 rings (SSSR count). The minimum atomic E-state index is -0.0842. The number of para-hydroxylation sites is 1. The number of pyridine rings is 1. The average molecular weight is 304 g/mol. The summed E-state index contributed by atoms with van der Waals surface area (Å²) in [7, 11) is 0. The van der Waals surface area contributed by atoms with Crippen LogP contribution in [0.1, 0.15) is 42.1 Å². The van der Waals surface area contributed by atoms with Gasteiger partial charge < -0.3 is 5.32 Å². The van der Waals surface area contributed by atoms with Gasteiger partial charge in [0.2, 0.25) is 0 Å². The van der Waals surface area contributed by atoms with E-state index in [1.807, 2.05) is 54.6 Å². The largest absolute Gasteiger partial charge is 0.320 e. The molecule has 1 aromatic heterocycles. The number of anilines is 1. The van der Waals surface area contributed by atoms with Crippen LogP contribution in [0.5, 0.6) is 0 Å². The standard InChI is InChI=1S/C20H20N2O/c1-3-14(2)16-10-4-5-11-17(16)20(23)22-18-12-6-8-15-9-7-13-21-19(15)18/h4-14H,3H2,1-2H3,(H,22,23). The average Bonchev–Trinajstić information content (AvgIpc) is 2.61. The van der Waals surface area contributed by atoms with Crippen molar-refractivity contribution in [3.8, 4) is 0 Å². The zero-order chi connectivity index (χ0) is 16.2. The summed E-state index contributed by atoms with van der Waals surface area (Å²) in [4.78, 5) is 17.1. The van der Waals surface area contributed by atoms with Gasteiger partial charge >= 0.3 is 0 Å². The van der Waals surface area contributed by atoms with E-state index in [4.69, 9.17) is 0 Å². The lowest BCUT2D eigenvalue weighted by Crippen LogP contribution is -2.15. The number of nitrogens with zero attached hydrogens (tertiary/aromatic N) is 1. The molecule has 3 aromatic rings. The maximum Gasteiger partial charge on any atom is 0.256 e. The van der Waals surface area contributed by atoms with E-state index in [9.17, 15) is 4.79 Å². The molecule has 0 aliphatic heterocycles. The third-order valence-corrected chi connectivity index (χ3v) is 4.23. The Morgan fingerprint density at radius 2 is 1.87 bits per heavy atom. The summed E-state index contributed by atoms with van der Waals surface area (Å²) in [6.45, 7) is 4.28. The van der Waals surface area contributed by atoms with Crippen LogP contribution in [0.2, 0.25) is 0 Å². The van der Waals surface area contributed by atoms with Gasteiger partial charge in [0, 0.05) is 17.1 Å². The molecule has 0 saturated heterocycles. The van der Waals surface area contributed by atoms with Crippen molar-refractivity contribution in [1.82, 2.24) is 4.98 Å². The van der Waals surface area contributed by atoms with Crippen LogP contribution < -0.4 is 5.32 Å². The molecule has 0 aliphatic rings. The fraction of sp³-hybridized carbons (Fsp3) is 0.200. The first-order chi connectivity index (χ1) is 11.2. The van der Waals surface area contributed by atoms with Crippen molar-refractivity contribution in [3.63, 3.8) is 0 Å². The number of hydrogen-bond donors (Lipinski definition) is 1. The first kappa shape index (κ1) is 15.2. The van der Waals surface area contributed by atoms with Crippen molar-refractivity contribution < 1.29 is 4.79 Å². The van der Waals surface area contributed by atoms with Crippen molar-refractivity contribution in [2.45, 2.75) is 26.2 Å². The van der Waals surface area contributed by atoms with Gasteiger partial charge in [-0.3, -0.25) is 9.78 Å². The van der Waals surface area contributed by atoms with Gasteiger partial charge in [0.05, 0.1) is 11.2 Å². The Hall–Kier alpha value is -2.68. The number of rotatable bonds is 4. The van der Waals surface area contributed by atoms with Crippen molar-refractivity contribution in [2.75, 3.05) is 5.32 Å². The highest BCUT2D eigenvalue weighted by Gasteiger charge is 2.15. The highest BCUT2D eigenvalue weighted by atomic mass is 16.1. The zero-order valence-corrected chi connectivity index (χ0v) is 13.4. The van der Waals surface area contributed by atoms with Gasteiger partial charge in [-0.1, -0.05) is 50.2 Å². The third-order valence-electron chi connectivity index (χ3n) is 4.23. The molecule has 1 N–H and O–H groups in total. The summed E-state index contributed by atoms with van der Waals surface area (Å²) < 4.78 is 0. The maximum atomic E-state index is 12.8. The van der Waals surface area contributed by atoms with Crippen LogP contribution in [0.4, 0.5) is 5.69 Å². The summed E-state index contributed by atoms with van der Waals surface area (Å²) in [6.07, 6.45) is 2.74. The van der Waals surface area contributed by atoms with Crippen molar-refractivity contribution >= 4 is 22.5 Å². The normalized spacial score (nSPS) is 12.1. The molecule has 0 spiro atoms. The number of carbonyl (C=O) groups is 1. The van der Waals surface area contributed by atoms with E-state index in [0.29, 0.717) is 5.92 Å². The molecule has 23 heavy (non-hydrogen) atoms. The molecule has 3 heteroatoms. The Morgan fingerprint density at radius 3 is 2.70 bits per heavy atom. The SMILES string of the molecule is CCC(C)c1ccccc1C(=O)Nc1cccc2cccnc12. The van der Waals surface area contributed by atoms with Crippen LogP contribution in [0.25, 0.3) is 10.9 Å². The monoisotopic (exact) mass is 304 g/mol. The molecule has 0 bridgehead atoms. The Kier molecular flexibility index (Phi) is 4.38. The van der Waals surface area contributed by atoms with Crippen LogP contribution in [0.3, 0.4) is 0 Å². The maximum absolute atomic E-state index is 12.8. The van der Waals surface area contributed by atoms with E-state index in [1.165, 1.54) is 0 Å². The Morgan fingerprint density at radius 1 is 1.09 bits per heavy atom. The lowest BCUT2D eigenvalue weighted by Gasteiger charge is -2.15. The molecule has 0 saturated carbocycles. The molecule has 1 amide bonds. The van der Waals surface area contributed by atoms with E-state index in [-0.39, 0.29) is 5.91 Å². The van der Waals surface area contributed by atoms with Crippen LogP contribution in [-0.4, -0.2) is 10.9 Å². The van der Waals surface area contributed by atoms with Gasteiger partial charge in [0.1, 0.15) is 0 Å². The molecule has 0 fully saturated rings. The van der Waals surface area contributed by atoms with Gasteiger partial charge in [-0.2, -0.15) is 0 Å². The van der Waals surface area contributed by atoms with E-state index in [2.05, 4.69) is 24.1 Å². The number of carbonyl (C=O) groups excluding carboxylic acids is 1. The minimum Gasteiger partial charge on any atom is -0.320 e. The Bertz CT molecular complexity index is 836. The van der Waals surface area contributed by atoms with Crippen molar-refractivity contribution in [3.05, 3.63) is 71.9 Å². The molecule has 2 aromatic carbocycles. The summed E-state index contributed by atoms with van der Waals surface area (Å²) in [5.74, 6) is 0.265. The summed E-state index contributed by atoms with van der Waals surface area (Å²) in [5, 5.41) is 4.03. The first-order valence-electron chi connectivity index (χ1n) is 7.94. The molecule has 0 radical (unpaired) electrons. The number of benzene rings is 2. The Labute approximate surface area is 136 Å². The topological polar surface area (TPSA) is 42.0 Å². The molecule has 1 atom stereocenters. The number of fused-ring (bicyclic) bond motifs is 1. The predicted molar refractivity (Wildman–Crippen MR) is 94.8 cm³/mol. The lowest BCUT2D eigenvalue weighted by atomic mass is 9.93. The minimum absolute atomic E-state index is 0.0842. The van der Waals surface area contributed by atoms with Crippen molar-refractivity contribution in [2.24, 2.45) is 0 Å². The smallest absolute Gasteiger partial charge is 0.256 e. The lowest BCUT2D eigenvalue weighted by molar-refractivity contribution is 0.102. The predicted octanol–water partition coefficient (Wildman–Crippen LogP) is 5.00. The molecular formula is C20H20N2O. The van der Waals surface area contributed by atoms with Crippen molar-refractivity contribution in [1.29, 1.82) is 0 Å². The second-order valence-electron chi connectivity index (χ2n) is 5.73.